The fourth-order valence-electron chi connectivity index (χ4n) is 2.80. The Morgan fingerprint density at radius 2 is 1.96 bits per heavy atom. The van der Waals surface area contributed by atoms with Crippen molar-refractivity contribution in [3.63, 3.8) is 0 Å². The first-order valence-corrected chi connectivity index (χ1v) is 8.97. The summed E-state index contributed by atoms with van der Waals surface area (Å²) in [7, 11) is 0. The molecule has 1 aromatic heterocycles. The van der Waals surface area contributed by atoms with E-state index >= 15 is 0 Å². The van der Waals surface area contributed by atoms with Gasteiger partial charge in [0.2, 0.25) is 5.91 Å². The SMILES string of the molecule is Cc1ccnc(N(CCCC(=O)N2CCCC2)C(=O)OC(C)(C)C)c1. The van der Waals surface area contributed by atoms with Crippen LogP contribution in [0.3, 0.4) is 0 Å². The van der Waals surface area contributed by atoms with Crippen molar-refractivity contribution in [2.75, 3.05) is 24.5 Å². The molecule has 0 spiro atoms. The lowest BCUT2D eigenvalue weighted by molar-refractivity contribution is -0.130. The average molecular weight is 347 g/mol. The third-order valence-electron chi connectivity index (χ3n) is 4.02. The highest BCUT2D eigenvalue weighted by Gasteiger charge is 2.25. The number of carbonyl (C=O) groups is 2. The average Bonchev–Trinajstić information content (AvgIpc) is 3.04. The summed E-state index contributed by atoms with van der Waals surface area (Å²) in [4.78, 5) is 32.5. The van der Waals surface area contributed by atoms with Crippen LogP contribution in [0.25, 0.3) is 0 Å². The molecule has 1 aliphatic heterocycles. The Kier molecular flexibility index (Phi) is 6.39. The number of hydrogen-bond acceptors (Lipinski definition) is 4. The molecule has 0 aliphatic carbocycles. The fourth-order valence-corrected chi connectivity index (χ4v) is 2.80. The van der Waals surface area contributed by atoms with Gasteiger partial charge in [0.1, 0.15) is 11.4 Å². The van der Waals surface area contributed by atoms with E-state index in [0.29, 0.717) is 25.2 Å². The first-order chi connectivity index (χ1) is 11.8. The van der Waals surface area contributed by atoms with Crippen LogP contribution in [-0.2, 0) is 9.53 Å². The van der Waals surface area contributed by atoms with Crippen molar-refractivity contribution in [3.8, 4) is 0 Å². The molecule has 1 saturated heterocycles. The van der Waals surface area contributed by atoms with Crippen molar-refractivity contribution in [3.05, 3.63) is 23.9 Å². The van der Waals surface area contributed by atoms with Gasteiger partial charge in [-0.15, -0.1) is 0 Å². The van der Waals surface area contributed by atoms with Gasteiger partial charge in [0.05, 0.1) is 0 Å². The number of aromatic nitrogens is 1. The Morgan fingerprint density at radius 3 is 2.56 bits per heavy atom. The number of nitrogens with zero attached hydrogens (tertiary/aromatic N) is 3. The summed E-state index contributed by atoms with van der Waals surface area (Å²) in [5.41, 5.74) is 0.441. The Hall–Kier alpha value is -2.11. The van der Waals surface area contributed by atoms with Crippen molar-refractivity contribution >= 4 is 17.8 Å². The van der Waals surface area contributed by atoms with Crippen molar-refractivity contribution < 1.29 is 14.3 Å². The molecule has 0 bridgehead atoms. The van der Waals surface area contributed by atoms with Crippen LogP contribution in [-0.4, -0.2) is 47.1 Å². The highest BCUT2D eigenvalue weighted by Crippen LogP contribution is 2.18. The van der Waals surface area contributed by atoms with E-state index in [1.165, 1.54) is 4.90 Å². The third-order valence-corrected chi connectivity index (χ3v) is 4.02. The van der Waals surface area contributed by atoms with Gasteiger partial charge >= 0.3 is 6.09 Å². The monoisotopic (exact) mass is 347 g/mol. The maximum Gasteiger partial charge on any atom is 0.416 e. The van der Waals surface area contributed by atoms with E-state index < -0.39 is 11.7 Å². The molecule has 1 aromatic rings. The number of likely N-dealkylation sites (tertiary alicyclic amines) is 1. The van der Waals surface area contributed by atoms with Crippen LogP contribution in [0.1, 0.15) is 52.0 Å². The molecule has 2 heterocycles. The normalized spacial score (nSPS) is 14.5. The Balaban J connectivity index is 2.01. The maximum absolute atomic E-state index is 12.6. The van der Waals surface area contributed by atoms with E-state index in [0.717, 1.165) is 31.5 Å². The van der Waals surface area contributed by atoms with Crippen LogP contribution in [0, 0.1) is 6.92 Å². The number of ether oxygens (including phenoxy) is 1. The molecule has 0 N–H and O–H groups in total. The molecule has 0 unspecified atom stereocenters. The van der Waals surface area contributed by atoms with E-state index in [9.17, 15) is 9.59 Å². The van der Waals surface area contributed by atoms with Crippen molar-refractivity contribution in [2.24, 2.45) is 0 Å². The fraction of sp³-hybridized carbons (Fsp3) is 0.632. The largest absolute Gasteiger partial charge is 0.443 e. The molecule has 0 atom stereocenters. The van der Waals surface area contributed by atoms with Gasteiger partial charge in [-0.3, -0.25) is 9.69 Å². The topological polar surface area (TPSA) is 62.7 Å². The lowest BCUT2D eigenvalue weighted by Gasteiger charge is -2.27. The Bertz CT molecular complexity index is 604. The van der Waals surface area contributed by atoms with E-state index in [2.05, 4.69) is 4.98 Å². The lowest BCUT2D eigenvalue weighted by Crippen LogP contribution is -2.38. The summed E-state index contributed by atoms with van der Waals surface area (Å²) in [6, 6.07) is 3.74. The molecular weight excluding hydrogens is 318 g/mol. The summed E-state index contributed by atoms with van der Waals surface area (Å²) < 4.78 is 5.50. The quantitative estimate of drug-likeness (QED) is 0.817. The number of hydrogen-bond donors (Lipinski definition) is 0. The number of amides is 2. The van der Waals surface area contributed by atoms with Gasteiger partial charge in [-0.2, -0.15) is 0 Å². The van der Waals surface area contributed by atoms with Crippen LogP contribution >= 0.6 is 0 Å². The van der Waals surface area contributed by atoms with Gasteiger partial charge < -0.3 is 9.64 Å². The summed E-state index contributed by atoms with van der Waals surface area (Å²) in [5, 5.41) is 0. The minimum Gasteiger partial charge on any atom is -0.443 e. The van der Waals surface area contributed by atoms with E-state index in [-0.39, 0.29) is 5.91 Å². The van der Waals surface area contributed by atoms with Gasteiger partial charge in [-0.1, -0.05) is 0 Å². The molecule has 2 amide bonds. The molecule has 0 aromatic carbocycles. The van der Waals surface area contributed by atoms with Gasteiger partial charge in [-0.05, 0) is 64.7 Å². The highest BCUT2D eigenvalue weighted by molar-refractivity contribution is 5.86. The summed E-state index contributed by atoms with van der Waals surface area (Å²) >= 11 is 0. The Labute approximate surface area is 150 Å². The van der Waals surface area contributed by atoms with Crippen LogP contribution < -0.4 is 4.90 Å². The first-order valence-electron chi connectivity index (χ1n) is 8.97. The molecule has 138 valence electrons. The molecule has 1 aliphatic rings. The zero-order chi connectivity index (χ0) is 18.4. The van der Waals surface area contributed by atoms with Crippen LogP contribution in [0.5, 0.6) is 0 Å². The molecule has 6 nitrogen and oxygen atoms in total. The molecule has 2 rings (SSSR count). The molecule has 1 fully saturated rings. The van der Waals surface area contributed by atoms with E-state index in [1.54, 1.807) is 6.20 Å². The second-order valence-electron chi connectivity index (χ2n) is 7.51. The smallest absolute Gasteiger partial charge is 0.416 e. The minimum absolute atomic E-state index is 0.166. The second kappa shape index (κ2) is 8.32. The third kappa shape index (κ3) is 6.03. The molecule has 0 radical (unpaired) electrons. The van der Waals surface area contributed by atoms with Gasteiger partial charge in [0, 0.05) is 32.3 Å². The number of pyridine rings is 1. The predicted molar refractivity (Wildman–Crippen MR) is 97.6 cm³/mol. The number of rotatable bonds is 5. The van der Waals surface area contributed by atoms with Crippen LogP contribution in [0.15, 0.2) is 18.3 Å². The highest BCUT2D eigenvalue weighted by atomic mass is 16.6. The number of anilines is 1. The van der Waals surface area contributed by atoms with E-state index in [4.69, 9.17) is 4.74 Å². The van der Waals surface area contributed by atoms with Crippen LogP contribution in [0.4, 0.5) is 10.6 Å². The van der Waals surface area contributed by atoms with Crippen molar-refractivity contribution in [1.82, 2.24) is 9.88 Å². The van der Waals surface area contributed by atoms with E-state index in [1.807, 2.05) is 44.7 Å². The van der Waals surface area contributed by atoms with Crippen molar-refractivity contribution in [2.45, 2.75) is 59.0 Å². The van der Waals surface area contributed by atoms with Crippen LogP contribution in [0.2, 0.25) is 0 Å². The summed E-state index contributed by atoms with van der Waals surface area (Å²) in [5.74, 6) is 0.724. The Morgan fingerprint density at radius 1 is 1.28 bits per heavy atom. The molecule has 6 heteroatoms. The van der Waals surface area contributed by atoms with Gasteiger partial charge in [-0.25, -0.2) is 9.78 Å². The van der Waals surface area contributed by atoms with Gasteiger partial charge in [0.25, 0.3) is 0 Å². The second-order valence-corrected chi connectivity index (χ2v) is 7.51. The maximum atomic E-state index is 12.6. The van der Waals surface area contributed by atoms with Crippen molar-refractivity contribution in [1.29, 1.82) is 0 Å². The molecule has 0 saturated carbocycles. The summed E-state index contributed by atoms with van der Waals surface area (Å²) in [6.07, 6.45) is 4.44. The molecular formula is C19H29N3O3. The zero-order valence-electron chi connectivity index (χ0n) is 15.7. The molecule has 25 heavy (non-hydrogen) atoms. The predicted octanol–water partition coefficient (Wildman–Crippen LogP) is 3.53. The lowest BCUT2D eigenvalue weighted by atomic mass is 10.2. The zero-order valence-corrected chi connectivity index (χ0v) is 15.7. The number of aryl methyl sites for hydroxylation is 1. The number of carbonyl (C=O) groups excluding carboxylic acids is 2. The summed E-state index contributed by atoms with van der Waals surface area (Å²) in [6.45, 7) is 9.58. The van der Waals surface area contributed by atoms with Gasteiger partial charge in [0.15, 0.2) is 0 Å². The minimum atomic E-state index is -0.579. The first kappa shape index (κ1) is 19.2. The standard InChI is InChI=1S/C19H29N3O3/c1-15-9-10-20-16(14-15)22(18(24)25-19(2,3)4)13-7-8-17(23)21-11-5-6-12-21/h9-10,14H,5-8,11-13H2,1-4H3.